The molecular formula is C17H11BrN2O2S. The van der Waals surface area contributed by atoms with E-state index in [1.807, 2.05) is 49.4 Å². The SMILES string of the molecule is Cc1c(C(=O)Nc2nc3ccccc3s2)oc2ccc(Br)cc12. The summed E-state index contributed by atoms with van der Waals surface area (Å²) < 4.78 is 7.69. The average Bonchev–Trinajstić information content (AvgIpc) is 3.08. The summed E-state index contributed by atoms with van der Waals surface area (Å²) in [5.74, 6) is 0.0336. The van der Waals surface area contributed by atoms with Crippen molar-refractivity contribution in [3.8, 4) is 0 Å². The Bertz CT molecular complexity index is 1020. The van der Waals surface area contributed by atoms with Crippen molar-refractivity contribution >= 4 is 59.5 Å². The number of para-hydroxylation sites is 1. The van der Waals surface area contributed by atoms with Crippen LogP contribution in [0.2, 0.25) is 0 Å². The van der Waals surface area contributed by atoms with E-state index >= 15 is 0 Å². The van der Waals surface area contributed by atoms with Crippen LogP contribution >= 0.6 is 27.3 Å². The summed E-state index contributed by atoms with van der Waals surface area (Å²) in [6, 6.07) is 13.5. The van der Waals surface area contributed by atoms with Gasteiger partial charge in [0, 0.05) is 15.4 Å². The van der Waals surface area contributed by atoms with E-state index in [2.05, 4.69) is 26.2 Å². The number of fused-ring (bicyclic) bond motifs is 2. The first kappa shape index (κ1) is 14.4. The summed E-state index contributed by atoms with van der Waals surface area (Å²) in [6.07, 6.45) is 0. The number of nitrogens with one attached hydrogen (secondary N) is 1. The molecule has 2 heterocycles. The van der Waals surface area contributed by atoms with E-state index in [9.17, 15) is 4.79 Å². The molecule has 114 valence electrons. The Hall–Kier alpha value is -2.18. The highest BCUT2D eigenvalue weighted by molar-refractivity contribution is 9.10. The smallest absolute Gasteiger partial charge is 0.293 e. The maximum absolute atomic E-state index is 12.5. The molecule has 2 aromatic heterocycles. The molecule has 0 aliphatic rings. The second-order valence-corrected chi connectivity index (χ2v) is 7.08. The van der Waals surface area contributed by atoms with E-state index in [1.165, 1.54) is 11.3 Å². The van der Waals surface area contributed by atoms with Gasteiger partial charge >= 0.3 is 0 Å². The molecular weight excluding hydrogens is 376 g/mol. The number of halogens is 1. The van der Waals surface area contributed by atoms with Crippen molar-refractivity contribution in [2.75, 3.05) is 5.32 Å². The minimum Gasteiger partial charge on any atom is -0.451 e. The summed E-state index contributed by atoms with van der Waals surface area (Å²) >= 11 is 4.88. The molecule has 0 aliphatic heterocycles. The molecule has 0 atom stereocenters. The molecule has 23 heavy (non-hydrogen) atoms. The Kier molecular flexibility index (Phi) is 3.43. The monoisotopic (exact) mass is 386 g/mol. The van der Waals surface area contributed by atoms with Crippen LogP contribution in [0.4, 0.5) is 5.13 Å². The number of carbonyl (C=O) groups excluding carboxylic acids is 1. The molecule has 4 aromatic rings. The van der Waals surface area contributed by atoms with Crippen LogP contribution in [0.1, 0.15) is 16.1 Å². The van der Waals surface area contributed by atoms with Crippen LogP contribution in [-0.4, -0.2) is 10.9 Å². The lowest BCUT2D eigenvalue weighted by atomic mass is 10.1. The van der Waals surface area contributed by atoms with Crippen LogP contribution < -0.4 is 5.32 Å². The Morgan fingerprint density at radius 3 is 2.91 bits per heavy atom. The number of nitrogens with zero attached hydrogens (tertiary/aromatic N) is 1. The molecule has 6 heteroatoms. The van der Waals surface area contributed by atoms with E-state index in [0.29, 0.717) is 16.5 Å². The van der Waals surface area contributed by atoms with Crippen LogP contribution in [-0.2, 0) is 0 Å². The topological polar surface area (TPSA) is 55.1 Å². The number of hydrogen-bond donors (Lipinski definition) is 1. The van der Waals surface area contributed by atoms with Crippen molar-refractivity contribution in [1.82, 2.24) is 4.98 Å². The van der Waals surface area contributed by atoms with Gasteiger partial charge in [-0.15, -0.1) is 0 Å². The fourth-order valence-corrected chi connectivity index (χ4v) is 3.71. The molecule has 0 saturated heterocycles. The number of aryl methyl sites for hydroxylation is 1. The Morgan fingerprint density at radius 1 is 1.26 bits per heavy atom. The molecule has 0 radical (unpaired) electrons. The van der Waals surface area contributed by atoms with Crippen molar-refractivity contribution in [2.45, 2.75) is 6.92 Å². The second kappa shape index (κ2) is 5.47. The fourth-order valence-electron chi connectivity index (χ4n) is 2.49. The van der Waals surface area contributed by atoms with E-state index < -0.39 is 0 Å². The lowest BCUT2D eigenvalue weighted by molar-refractivity contribution is 0.0998. The van der Waals surface area contributed by atoms with Crippen LogP contribution in [0.5, 0.6) is 0 Å². The molecule has 1 amide bonds. The number of hydrogen-bond acceptors (Lipinski definition) is 4. The maximum atomic E-state index is 12.5. The molecule has 2 aromatic carbocycles. The van der Waals surface area contributed by atoms with Gasteiger partial charge in [0.15, 0.2) is 10.9 Å². The quantitative estimate of drug-likeness (QED) is 0.503. The Labute approximate surface area is 144 Å². The van der Waals surface area contributed by atoms with Crippen LogP contribution in [0.3, 0.4) is 0 Å². The van der Waals surface area contributed by atoms with Gasteiger partial charge in [-0.2, -0.15) is 0 Å². The average molecular weight is 387 g/mol. The fraction of sp³-hybridized carbons (Fsp3) is 0.0588. The van der Waals surface area contributed by atoms with Gasteiger partial charge in [0.2, 0.25) is 0 Å². The molecule has 0 spiro atoms. The molecule has 0 unspecified atom stereocenters. The largest absolute Gasteiger partial charge is 0.451 e. The van der Waals surface area contributed by atoms with E-state index in [4.69, 9.17) is 4.42 Å². The number of thiazole rings is 1. The Morgan fingerprint density at radius 2 is 2.09 bits per heavy atom. The summed E-state index contributed by atoms with van der Waals surface area (Å²) in [6.45, 7) is 1.88. The predicted octanol–water partition coefficient (Wildman–Crippen LogP) is 5.37. The molecule has 4 rings (SSSR count). The summed E-state index contributed by atoms with van der Waals surface area (Å²) in [5.41, 5.74) is 2.39. The summed E-state index contributed by atoms with van der Waals surface area (Å²) in [4.78, 5) is 16.9. The molecule has 4 nitrogen and oxygen atoms in total. The molecule has 0 aliphatic carbocycles. The van der Waals surface area contributed by atoms with Crippen molar-refractivity contribution in [3.63, 3.8) is 0 Å². The standard InChI is InChI=1S/C17H11BrN2O2S/c1-9-11-8-10(18)6-7-13(11)22-15(9)16(21)20-17-19-12-4-2-3-5-14(12)23-17/h2-8H,1H3,(H,19,20,21). The molecule has 0 bridgehead atoms. The number of amides is 1. The molecule has 0 fully saturated rings. The van der Waals surface area contributed by atoms with E-state index in [-0.39, 0.29) is 5.91 Å². The molecule has 0 saturated carbocycles. The minimum atomic E-state index is -0.283. The summed E-state index contributed by atoms with van der Waals surface area (Å²) in [5, 5.41) is 4.32. The zero-order chi connectivity index (χ0) is 16.0. The van der Waals surface area contributed by atoms with E-state index in [1.54, 1.807) is 0 Å². The summed E-state index contributed by atoms with van der Waals surface area (Å²) in [7, 11) is 0. The second-order valence-electron chi connectivity index (χ2n) is 5.14. The minimum absolute atomic E-state index is 0.283. The van der Waals surface area contributed by atoms with Crippen molar-refractivity contribution in [1.29, 1.82) is 0 Å². The van der Waals surface area contributed by atoms with Crippen LogP contribution in [0, 0.1) is 6.92 Å². The number of furan rings is 1. The lowest BCUT2D eigenvalue weighted by Gasteiger charge is -1.98. The van der Waals surface area contributed by atoms with Gasteiger partial charge in [-0.3, -0.25) is 10.1 Å². The van der Waals surface area contributed by atoms with Gasteiger partial charge in [-0.1, -0.05) is 39.4 Å². The number of aromatic nitrogens is 1. The normalized spacial score (nSPS) is 11.2. The van der Waals surface area contributed by atoms with Crippen LogP contribution in [0.25, 0.3) is 21.2 Å². The van der Waals surface area contributed by atoms with Crippen LogP contribution in [0.15, 0.2) is 51.4 Å². The zero-order valence-corrected chi connectivity index (χ0v) is 14.5. The lowest BCUT2D eigenvalue weighted by Crippen LogP contribution is -2.11. The third kappa shape index (κ3) is 2.54. The predicted molar refractivity (Wildman–Crippen MR) is 96.2 cm³/mol. The first-order valence-corrected chi connectivity index (χ1v) is 8.58. The third-order valence-corrected chi connectivity index (χ3v) is 5.06. The maximum Gasteiger partial charge on any atom is 0.293 e. The van der Waals surface area contributed by atoms with Crippen molar-refractivity contribution in [3.05, 3.63) is 58.3 Å². The number of rotatable bonds is 2. The highest BCUT2D eigenvalue weighted by Gasteiger charge is 2.19. The van der Waals surface area contributed by atoms with Gasteiger partial charge < -0.3 is 4.42 Å². The molecule has 1 N–H and O–H groups in total. The first-order chi connectivity index (χ1) is 11.1. The van der Waals surface area contributed by atoms with Gasteiger partial charge in [-0.05, 0) is 37.3 Å². The van der Waals surface area contributed by atoms with E-state index in [0.717, 1.165) is 25.6 Å². The van der Waals surface area contributed by atoms with Crippen molar-refractivity contribution < 1.29 is 9.21 Å². The van der Waals surface area contributed by atoms with Gasteiger partial charge in [0.25, 0.3) is 5.91 Å². The van der Waals surface area contributed by atoms with Gasteiger partial charge in [0.05, 0.1) is 10.2 Å². The van der Waals surface area contributed by atoms with Gasteiger partial charge in [-0.25, -0.2) is 4.98 Å². The third-order valence-electron chi connectivity index (χ3n) is 3.62. The zero-order valence-electron chi connectivity index (χ0n) is 12.1. The first-order valence-electron chi connectivity index (χ1n) is 6.97. The number of benzene rings is 2. The van der Waals surface area contributed by atoms with Gasteiger partial charge in [0.1, 0.15) is 5.58 Å². The Balaban J connectivity index is 1.70. The number of carbonyl (C=O) groups is 1. The number of anilines is 1. The van der Waals surface area contributed by atoms with Crippen molar-refractivity contribution in [2.24, 2.45) is 0 Å². The highest BCUT2D eigenvalue weighted by Crippen LogP contribution is 2.30. The highest BCUT2D eigenvalue weighted by atomic mass is 79.9.